The minimum absolute atomic E-state index is 0.0308. The highest BCUT2D eigenvalue weighted by Crippen LogP contribution is 2.37. The van der Waals surface area contributed by atoms with Crippen molar-refractivity contribution in [2.45, 2.75) is 32.9 Å². The van der Waals surface area contributed by atoms with Crippen LogP contribution in [0.15, 0.2) is 48.9 Å². The van der Waals surface area contributed by atoms with E-state index in [4.69, 9.17) is 0 Å². The molecule has 0 saturated carbocycles. The number of aromatic nitrogens is 5. The first-order valence-corrected chi connectivity index (χ1v) is 16.7. The first kappa shape index (κ1) is 37.0. The van der Waals surface area contributed by atoms with E-state index in [2.05, 4.69) is 30.6 Å². The molecule has 5 rings (SSSR count). The number of halogens is 3. The molecule has 1 fully saturated rings. The Labute approximate surface area is 294 Å². The molecule has 0 spiro atoms. The fourth-order valence-corrected chi connectivity index (χ4v) is 6.07. The highest BCUT2D eigenvalue weighted by molar-refractivity contribution is 6.03. The highest BCUT2D eigenvalue weighted by atomic mass is 19.4. The number of aryl methyl sites for hydroxylation is 1. The number of nitrogens with zero attached hydrogens (tertiary/aromatic N) is 8. The molecule has 272 valence electrons. The van der Waals surface area contributed by atoms with Crippen LogP contribution >= 0.6 is 0 Å². The molecule has 51 heavy (non-hydrogen) atoms. The number of carbonyl (C=O) groups excluding carboxylic acids is 3. The van der Waals surface area contributed by atoms with E-state index >= 15 is 0 Å². The number of hydrogen-bond donors (Lipinski definition) is 2. The molecule has 0 radical (unpaired) electrons. The van der Waals surface area contributed by atoms with Crippen LogP contribution in [0.3, 0.4) is 0 Å². The summed E-state index contributed by atoms with van der Waals surface area (Å²) in [5.74, 6) is -0.676. The van der Waals surface area contributed by atoms with Gasteiger partial charge in [-0.15, -0.1) is 0 Å². The van der Waals surface area contributed by atoms with Crippen LogP contribution in [0.4, 0.5) is 24.5 Å². The molecule has 1 aliphatic rings. The van der Waals surface area contributed by atoms with Crippen LogP contribution in [0.2, 0.25) is 0 Å². The Hall–Kier alpha value is -5.25. The number of hydrogen-bond acceptors (Lipinski definition) is 8. The molecule has 1 unspecified atom stereocenters. The number of piperazine rings is 1. The lowest BCUT2D eigenvalue weighted by molar-refractivity contribution is -0.141. The third-order valence-corrected chi connectivity index (χ3v) is 9.08. The van der Waals surface area contributed by atoms with Crippen molar-refractivity contribution in [1.82, 2.24) is 39.0 Å². The van der Waals surface area contributed by atoms with Gasteiger partial charge in [0.15, 0.2) is 17.3 Å². The van der Waals surface area contributed by atoms with Crippen molar-refractivity contribution in [3.05, 3.63) is 71.6 Å². The van der Waals surface area contributed by atoms with Crippen molar-refractivity contribution in [1.29, 1.82) is 0 Å². The van der Waals surface area contributed by atoms with Gasteiger partial charge < -0.3 is 29.9 Å². The molecule has 16 heteroatoms. The van der Waals surface area contributed by atoms with E-state index in [0.717, 1.165) is 24.1 Å². The van der Waals surface area contributed by atoms with Crippen molar-refractivity contribution >= 4 is 29.1 Å². The number of rotatable bonds is 11. The molecule has 3 amide bonds. The van der Waals surface area contributed by atoms with Crippen LogP contribution in [-0.4, -0.2) is 111 Å². The normalized spacial score (nSPS) is 14.2. The van der Waals surface area contributed by atoms with Crippen LogP contribution in [0, 0.1) is 12.8 Å². The van der Waals surface area contributed by atoms with Gasteiger partial charge in [-0.2, -0.15) is 18.3 Å². The Morgan fingerprint density at radius 1 is 0.980 bits per heavy atom. The van der Waals surface area contributed by atoms with E-state index in [1.165, 1.54) is 36.3 Å². The molecule has 1 aliphatic heterocycles. The second-order valence-electron chi connectivity index (χ2n) is 12.8. The first-order chi connectivity index (χ1) is 24.2. The zero-order chi connectivity index (χ0) is 37.0. The maximum Gasteiger partial charge on any atom is 0.435 e. The Kier molecular flexibility index (Phi) is 11.1. The molecule has 4 aromatic rings. The molecular weight excluding hydrogens is 665 g/mol. The molecule has 1 atom stereocenters. The van der Waals surface area contributed by atoms with E-state index in [-0.39, 0.29) is 40.6 Å². The lowest BCUT2D eigenvalue weighted by Gasteiger charge is -2.36. The standard InChI is InChI=1S/C35H43F3N10O3/c1-7-23(12-13-44(4)5)33(50)46-14-16-47(17-15-46)34(51)26-10-8-24(18-22(26)2)42-32(49)31-41-20-28(45(31)6)27-21-48(43-30(27)35(36,37)38)29-11-9-25(39-3)19-40-29/h8-11,18-21,23,39H,7,12-17H2,1-6H3,(H,42,49). The summed E-state index contributed by atoms with van der Waals surface area (Å²) in [5.41, 5.74) is 0.780. The molecule has 0 bridgehead atoms. The van der Waals surface area contributed by atoms with Gasteiger partial charge in [-0.1, -0.05) is 6.92 Å². The number of alkyl halides is 3. The zero-order valence-electron chi connectivity index (χ0n) is 29.6. The quantitative estimate of drug-likeness (QED) is 0.232. The second-order valence-corrected chi connectivity index (χ2v) is 12.8. The van der Waals surface area contributed by atoms with Gasteiger partial charge in [-0.05, 0) is 76.3 Å². The summed E-state index contributed by atoms with van der Waals surface area (Å²) >= 11 is 0. The number of benzene rings is 1. The summed E-state index contributed by atoms with van der Waals surface area (Å²) < 4.78 is 44.6. The van der Waals surface area contributed by atoms with Gasteiger partial charge in [0.25, 0.3) is 11.8 Å². The maximum absolute atomic E-state index is 14.1. The molecule has 0 aliphatic carbocycles. The van der Waals surface area contributed by atoms with Crippen molar-refractivity contribution in [2.75, 3.05) is 64.5 Å². The zero-order valence-corrected chi connectivity index (χ0v) is 29.6. The molecule has 3 aromatic heterocycles. The van der Waals surface area contributed by atoms with Gasteiger partial charge in [0.1, 0.15) is 0 Å². The number of pyridine rings is 1. The number of amides is 3. The molecule has 1 saturated heterocycles. The van der Waals surface area contributed by atoms with Crippen LogP contribution in [0.5, 0.6) is 0 Å². The lowest BCUT2D eigenvalue weighted by atomic mass is 9.99. The van der Waals surface area contributed by atoms with Crippen molar-refractivity contribution in [2.24, 2.45) is 13.0 Å². The van der Waals surface area contributed by atoms with Crippen molar-refractivity contribution < 1.29 is 27.6 Å². The summed E-state index contributed by atoms with van der Waals surface area (Å²) in [6, 6.07) is 8.07. The van der Waals surface area contributed by atoms with Gasteiger partial charge in [-0.3, -0.25) is 14.4 Å². The SMILES string of the molecule is CCC(CCN(C)C)C(=O)N1CCN(C(=O)c2ccc(NC(=O)c3ncc(-c4cn(-c5ccc(NC)cn5)nc4C(F)(F)F)n3C)cc2C)CC1. The molecule has 4 heterocycles. The summed E-state index contributed by atoms with van der Waals surface area (Å²) in [7, 11) is 7.12. The van der Waals surface area contributed by atoms with Gasteiger partial charge in [0.05, 0.1) is 29.3 Å². The second kappa shape index (κ2) is 15.3. The molecule has 2 N–H and O–H groups in total. The van der Waals surface area contributed by atoms with Crippen LogP contribution in [0.25, 0.3) is 17.1 Å². The van der Waals surface area contributed by atoms with Gasteiger partial charge >= 0.3 is 6.18 Å². The minimum atomic E-state index is -4.79. The molecule has 1 aromatic carbocycles. The lowest BCUT2D eigenvalue weighted by Crippen LogP contribution is -2.52. The van der Waals surface area contributed by atoms with Gasteiger partial charge in [0.2, 0.25) is 5.91 Å². The minimum Gasteiger partial charge on any atom is -0.387 e. The number of anilines is 2. The largest absolute Gasteiger partial charge is 0.435 e. The Bertz CT molecular complexity index is 1880. The van der Waals surface area contributed by atoms with Crippen LogP contribution in [-0.2, 0) is 18.0 Å². The first-order valence-electron chi connectivity index (χ1n) is 16.7. The van der Waals surface area contributed by atoms with E-state index < -0.39 is 17.8 Å². The van der Waals surface area contributed by atoms with E-state index in [0.29, 0.717) is 48.7 Å². The number of nitrogens with one attached hydrogen (secondary N) is 2. The van der Waals surface area contributed by atoms with Crippen LogP contribution in [0.1, 0.15) is 52.0 Å². The van der Waals surface area contributed by atoms with Crippen molar-refractivity contribution in [3.63, 3.8) is 0 Å². The number of imidazole rings is 1. The van der Waals surface area contributed by atoms with E-state index in [1.807, 2.05) is 25.9 Å². The summed E-state index contributed by atoms with van der Waals surface area (Å²) in [6.07, 6.45) is 0.639. The topological polar surface area (TPSA) is 134 Å². The predicted molar refractivity (Wildman–Crippen MR) is 187 cm³/mol. The fourth-order valence-electron chi connectivity index (χ4n) is 6.07. The van der Waals surface area contributed by atoms with E-state index in [9.17, 15) is 27.6 Å². The third-order valence-electron chi connectivity index (χ3n) is 9.08. The summed E-state index contributed by atoms with van der Waals surface area (Å²) in [4.78, 5) is 53.8. The smallest absolute Gasteiger partial charge is 0.387 e. The van der Waals surface area contributed by atoms with E-state index in [1.54, 1.807) is 43.1 Å². The highest BCUT2D eigenvalue weighted by Gasteiger charge is 2.39. The molecule has 13 nitrogen and oxygen atoms in total. The Balaban J connectivity index is 1.26. The predicted octanol–water partition coefficient (Wildman–Crippen LogP) is 4.55. The van der Waals surface area contributed by atoms with Gasteiger partial charge in [-0.25, -0.2) is 14.6 Å². The summed E-state index contributed by atoms with van der Waals surface area (Å²) in [6.45, 7) is 6.39. The monoisotopic (exact) mass is 708 g/mol. The Morgan fingerprint density at radius 3 is 2.25 bits per heavy atom. The van der Waals surface area contributed by atoms with Crippen molar-refractivity contribution in [3.8, 4) is 17.1 Å². The summed E-state index contributed by atoms with van der Waals surface area (Å²) in [5, 5.41) is 9.40. The average molecular weight is 709 g/mol. The average Bonchev–Trinajstić information content (AvgIpc) is 3.72. The third kappa shape index (κ3) is 8.22. The Morgan fingerprint density at radius 2 is 1.67 bits per heavy atom. The molecular formula is C35H43F3N10O3. The number of carbonyl (C=O) groups is 3. The van der Waals surface area contributed by atoms with Gasteiger partial charge in [0, 0.05) is 63.6 Å². The van der Waals surface area contributed by atoms with Crippen LogP contribution < -0.4 is 10.6 Å². The maximum atomic E-state index is 14.1. The fraction of sp³-hybridized carbons (Fsp3) is 0.429.